The Labute approximate surface area is 107 Å². The average molecular weight is 285 g/mol. The third kappa shape index (κ3) is 3.22. The summed E-state index contributed by atoms with van der Waals surface area (Å²) in [7, 11) is 0. The Bertz CT molecular complexity index is 337. The van der Waals surface area contributed by atoms with E-state index in [1.54, 1.807) is 0 Å². The molecule has 0 aliphatic carbocycles. The average Bonchev–Trinajstić information content (AvgIpc) is 2.25. The van der Waals surface area contributed by atoms with Crippen molar-refractivity contribution in [1.29, 1.82) is 0 Å². The molecule has 0 aliphatic heterocycles. The van der Waals surface area contributed by atoms with Gasteiger partial charge in [0.05, 0.1) is 0 Å². The van der Waals surface area contributed by atoms with Crippen LogP contribution in [0.4, 0.5) is 5.69 Å². The normalized spacial score (nSPS) is 10.9. The molecule has 0 heterocycles. The summed E-state index contributed by atoms with van der Waals surface area (Å²) in [6, 6.07) is 6.95. The zero-order valence-corrected chi connectivity index (χ0v) is 11.9. The van der Waals surface area contributed by atoms with Crippen molar-refractivity contribution in [1.82, 2.24) is 0 Å². The lowest BCUT2D eigenvalue weighted by molar-refractivity contribution is 0.671. The number of rotatable bonds is 5. The van der Waals surface area contributed by atoms with Gasteiger partial charge in [0.1, 0.15) is 0 Å². The Hall–Kier alpha value is -0.540. The lowest BCUT2D eigenvalue weighted by Crippen LogP contribution is -2.31. The molecule has 0 spiro atoms. The summed E-state index contributed by atoms with van der Waals surface area (Å²) in [5, 5.41) is 0. The van der Waals surface area contributed by atoms with E-state index in [4.69, 9.17) is 5.73 Å². The molecule has 0 radical (unpaired) electrons. The molecule has 16 heavy (non-hydrogen) atoms. The summed E-state index contributed by atoms with van der Waals surface area (Å²) in [6.45, 7) is 8.32. The number of halogens is 1. The van der Waals surface area contributed by atoms with Crippen molar-refractivity contribution in [2.75, 3.05) is 11.4 Å². The highest BCUT2D eigenvalue weighted by Crippen LogP contribution is 2.25. The maximum Gasteiger partial charge on any atom is 0.0380 e. The van der Waals surface area contributed by atoms with Crippen LogP contribution in [0.3, 0.4) is 0 Å². The van der Waals surface area contributed by atoms with E-state index in [1.807, 2.05) is 0 Å². The highest BCUT2D eigenvalue weighted by molar-refractivity contribution is 9.10. The SMILES string of the molecule is CCCN(c1ccc(CN)c(Br)c1)C(C)C. The number of hydrogen-bond acceptors (Lipinski definition) is 2. The lowest BCUT2D eigenvalue weighted by atomic mass is 10.1. The van der Waals surface area contributed by atoms with Crippen LogP contribution in [0.15, 0.2) is 22.7 Å². The Morgan fingerprint density at radius 2 is 2.06 bits per heavy atom. The topological polar surface area (TPSA) is 29.3 Å². The van der Waals surface area contributed by atoms with Crippen LogP contribution in [0.2, 0.25) is 0 Å². The minimum absolute atomic E-state index is 0.524. The van der Waals surface area contributed by atoms with Crippen LogP contribution in [0.25, 0.3) is 0 Å². The molecule has 1 aromatic carbocycles. The van der Waals surface area contributed by atoms with Gasteiger partial charge in [0, 0.05) is 29.3 Å². The first-order valence-electron chi connectivity index (χ1n) is 5.85. The Morgan fingerprint density at radius 1 is 1.38 bits per heavy atom. The van der Waals surface area contributed by atoms with Crippen LogP contribution in [0.1, 0.15) is 32.8 Å². The first kappa shape index (κ1) is 13.5. The summed E-state index contributed by atoms with van der Waals surface area (Å²) in [5.41, 5.74) is 8.07. The van der Waals surface area contributed by atoms with Gasteiger partial charge < -0.3 is 10.6 Å². The molecule has 2 N–H and O–H groups in total. The minimum atomic E-state index is 0.524. The molecule has 0 fully saturated rings. The lowest BCUT2D eigenvalue weighted by Gasteiger charge is -2.29. The fourth-order valence-corrected chi connectivity index (χ4v) is 2.34. The van der Waals surface area contributed by atoms with E-state index in [0.717, 1.165) is 23.0 Å². The smallest absolute Gasteiger partial charge is 0.0380 e. The monoisotopic (exact) mass is 284 g/mol. The first-order valence-corrected chi connectivity index (χ1v) is 6.64. The predicted octanol–water partition coefficient (Wildman–Crippen LogP) is 3.53. The van der Waals surface area contributed by atoms with Crippen molar-refractivity contribution in [2.45, 2.75) is 39.8 Å². The zero-order chi connectivity index (χ0) is 12.1. The van der Waals surface area contributed by atoms with Gasteiger partial charge in [-0.3, -0.25) is 0 Å². The molecule has 2 nitrogen and oxygen atoms in total. The second-order valence-corrected chi connectivity index (χ2v) is 5.12. The van der Waals surface area contributed by atoms with Crippen LogP contribution in [-0.4, -0.2) is 12.6 Å². The molecular weight excluding hydrogens is 264 g/mol. The predicted molar refractivity (Wildman–Crippen MR) is 74.8 cm³/mol. The van der Waals surface area contributed by atoms with Crippen LogP contribution >= 0.6 is 15.9 Å². The maximum atomic E-state index is 5.65. The Balaban J connectivity index is 2.97. The molecule has 0 atom stereocenters. The van der Waals surface area contributed by atoms with E-state index in [9.17, 15) is 0 Å². The molecular formula is C13H21BrN2. The van der Waals surface area contributed by atoms with E-state index in [2.05, 4.69) is 59.8 Å². The Kier molecular flexibility index (Phi) is 5.29. The number of hydrogen-bond donors (Lipinski definition) is 1. The third-order valence-corrected chi connectivity index (χ3v) is 3.41. The second-order valence-electron chi connectivity index (χ2n) is 4.27. The molecule has 0 unspecified atom stereocenters. The molecule has 0 saturated carbocycles. The minimum Gasteiger partial charge on any atom is -0.369 e. The van der Waals surface area contributed by atoms with Gasteiger partial charge in [-0.2, -0.15) is 0 Å². The fraction of sp³-hybridized carbons (Fsp3) is 0.538. The quantitative estimate of drug-likeness (QED) is 0.896. The van der Waals surface area contributed by atoms with E-state index < -0.39 is 0 Å². The number of anilines is 1. The molecule has 1 rings (SSSR count). The molecule has 0 aliphatic rings. The van der Waals surface area contributed by atoms with E-state index in [1.165, 1.54) is 5.69 Å². The van der Waals surface area contributed by atoms with Crippen molar-refractivity contribution >= 4 is 21.6 Å². The highest BCUT2D eigenvalue weighted by atomic mass is 79.9. The first-order chi connectivity index (χ1) is 7.60. The van der Waals surface area contributed by atoms with Gasteiger partial charge in [-0.25, -0.2) is 0 Å². The molecule has 0 saturated heterocycles. The van der Waals surface area contributed by atoms with Gasteiger partial charge in [0.2, 0.25) is 0 Å². The van der Waals surface area contributed by atoms with Gasteiger partial charge in [-0.1, -0.05) is 28.9 Å². The third-order valence-electron chi connectivity index (χ3n) is 2.68. The van der Waals surface area contributed by atoms with Gasteiger partial charge in [-0.05, 0) is 38.0 Å². The van der Waals surface area contributed by atoms with Crippen molar-refractivity contribution in [3.8, 4) is 0 Å². The molecule has 90 valence electrons. The van der Waals surface area contributed by atoms with Crippen LogP contribution in [0, 0.1) is 0 Å². The number of nitrogens with two attached hydrogens (primary N) is 1. The van der Waals surface area contributed by atoms with Crippen molar-refractivity contribution in [3.05, 3.63) is 28.2 Å². The van der Waals surface area contributed by atoms with E-state index in [-0.39, 0.29) is 0 Å². The number of benzene rings is 1. The maximum absolute atomic E-state index is 5.65. The summed E-state index contributed by atoms with van der Waals surface area (Å²) in [6.07, 6.45) is 1.16. The van der Waals surface area contributed by atoms with Gasteiger partial charge in [-0.15, -0.1) is 0 Å². The van der Waals surface area contributed by atoms with Gasteiger partial charge in [0.15, 0.2) is 0 Å². The number of nitrogens with zero attached hydrogens (tertiary/aromatic N) is 1. The molecule has 3 heteroatoms. The van der Waals surface area contributed by atoms with Gasteiger partial charge >= 0.3 is 0 Å². The fourth-order valence-electron chi connectivity index (χ4n) is 1.81. The standard InChI is InChI=1S/C13H21BrN2/c1-4-7-16(10(2)3)12-6-5-11(9-15)13(14)8-12/h5-6,8,10H,4,7,9,15H2,1-3H3. The summed E-state index contributed by atoms with van der Waals surface area (Å²) in [5.74, 6) is 0. The largest absolute Gasteiger partial charge is 0.369 e. The second kappa shape index (κ2) is 6.26. The van der Waals surface area contributed by atoms with Crippen molar-refractivity contribution in [3.63, 3.8) is 0 Å². The van der Waals surface area contributed by atoms with Crippen LogP contribution in [0.5, 0.6) is 0 Å². The Morgan fingerprint density at radius 3 is 2.50 bits per heavy atom. The highest BCUT2D eigenvalue weighted by Gasteiger charge is 2.10. The van der Waals surface area contributed by atoms with Crippen molar-refractivity contribution in [2.24, 2.45) is 5.73 Å². The molecule has 0 bridgehead atoms. The molecule has 0 amide bonds. The van der Waals surface area contributed by atoms with E-state index >= 15 is 0 Å². The molecule has 0 aromatic heterocycles. The van der Waals surface area contributed by atoms with Crippen LogP contribution in [-0.2, 0) is 6.54 Å². The van der Waals surface area contributed by atoms with Crippen molar-refractivity contribution < 1.29 is 0 Å². The molecule has 1 aromatic rings. The summed E-state index contributed by atoms with van der Waals surface area (Å²) < 4.78 is 1.11. The van der Waals surface area contributed by atoms with Crippen LogP contribution < -0.4 is 10.6 Å². The van der Waals surface area contributed by atoms with Gasteiger partial charge in [0.25, 0.3) is 0 Å². The zero-order valence-electron chi connectivity index (χ0n) is 10.3. The summed E-state index contributed by atoms with van der Waals surface area (Å²) in [4.78, 5) is 2.41. The summed E-state index contributed by atoms with van der Waals surface area (Å²) >= 11 is 3.57. The van der Waals surface area contributed by atoms with E-state index in [0.29, 0.717) is 12.6 Å².